The summed E-state index contributed by atoms with van der Waals surface area (Å²) in [6.07, 6.45) is -6.58. The first-order valence-corrected chi connectivity index (χ1v) is 4.60. The Labute approximate surface area is 101 Å². The van der Waals surface area contributed by atoms with Gasteiger partial charge in [-0.05, 0) is 12.1 Å². The fraction of sp³-hybridized carbons (Fsp3) is 0.300. The van der Waals surface area contributed by atoms with E-state index in [9.17, 15) is 35.5 Å². The number of hydrogen-bond donors (Lipinski definition) is 0. The maximum absolute atomic E-state index is 12.8. The Morgan fingerprint density at radius 2 is 1.37 bits per heavy atom. The molecule has 1 aromatic rings. The van der Waals surface area contributed by atoms with Crippen LogP contribution in [0, 0.1) is 0 Å². The van der Waals surface area contributed by atoms with Crippen molar-refractivity contribution in [2.45, 2.75) is 18.0 Å². The van der Waals surface area contributed by atoms with Crippen LogP contribution in [0.1, 0.15) is 0 Å². The zero-order chi connectivity index (χ0) is 14.9. The van der Waals surface area contributed by atoms with Gasteiger partial charge in [-0.3, -0.25) is 0 Å². The molecule has 0 atom stereocenters. The Balaban J connectivity index is 2.98. The van der Waals surface area contributed by atoms with E-state index < -0.39 is 29.7 Å². The van der Waals surface area contributed by atoms with Crippen LogP contribution in [0.5, 0.6) is 5.75 Å². The van der Waals surface area contributed by atoms with E-state index in [-0.39, 0.29) is 0 Å². The molecule has 0 aliphatic heterocycles. The summed E-state index contributed by atoms with van der Waals surface area (Å²) in [6, 6.07) is 5.70. The van der Waals surface area contributed by atoms with Gasteiger partial charge in [0.05, 0.1) is 0 Å². The summed E-state index contributed by atoms with van der Waals surface area (Å²) < 4.78 is 89.8. The normalized spacial score (nSPS) is 13.2. The molecule has 0 saturated carbocycles. The second-order valence-corrected chi connectivity index (χ2v) is 3.35. The number of benzene rings is 1. The van der Waals surface area contributed by atoms with Gasteiger partial charge in [0.15, 0.2) is 0 Å². The number of ether oxygens (including phenoxy) is 1. The summed E-state index contributed by atoms with van der Waals surface area (Å²) in [5, 5.41) is 0. The van der Waals surface area contributed by atoms with Crippen molar-refractivity contribution in [3.8, 4) is 5.75 Å². The second-order valence-electron chi connectivity index (χ2n) is 3.35. The lowest BCUT2D eigenvalue weighted by Crippen LogP contribution is -2.57. The van der Waals surface area contributed by atoms with Gasteiger partial charge in [0.2, 0.25) is 0 Å². The molecule has 106 valence electrons. The van der Waals surface area contributed by atoms with Crippen LogP contribution in [-0.2, 0) is 4.79 Å². The van der Waals surface area contributed by atoms with Crippen molar-refractivity contribution < 1.29 is 40.3 Å². The van der Waals surface area contributed by atoms with E-state index in [0.29, 0.717) is 0 Å². The molecule has 0 heterocycles. The van der Waals surface area contributed by atoms with Crippen molar-refractivity contribution >= 4 is 5.97 Å². The maximum atomic E-state index is 12.8. The molecule has 0 bridgehead atoms. The Morgan fingerprint density at radius 1 is 0.895 bits per heavy atom. The summed E-state index contributed by atoms with van der Waals surface area (Å²) in [7, 11) is 0. The molecule has 0 aliphatic carbocycles. The topological polar surface area (TPSA) is 26.3 Å². The lowest BCUT2D eigenvalue weighted by molar-refractivity contribution is -0.346. The SMILES string of the molecule is O=C(Oc1ccccc1)C(F)(F)C(F)(F)C(F)(F)F. The molecular weight excluding hydrogens is 285 g/mol. The van der Waals surface area contributed by atoms with Gasteiger partial charge in [0, 0.05) is 0 Å². The van der Waals surface area contributed by atoms with E-state index in [4.69, 9.17) is 0 Å². The van der Waals surface area contributed by atoms with Crippen molar-refractivity contribution in [3.63, 3.8) is 0 Å². The van der Waals surface area contributed by atoms with Gasteiger partial charge in [-0.1, -0.05) is 18.2 Å². The predicted molar refractivity (Wildman–Crippen MR) is 48.0 cm³/mol. The highest BCUT2D eigenvalue weighted by molar-refractivity contribution is 5.81. The standard InChI is InChI=1S/C10H5F7O2/c11-8(12,9(13,14)10(15,16)17)7(18)19-6-4-2-1-3-5-6/h1-5H. The maximum Gasteiger partial charge on any atom is 0.460 e. The third-order valence-electron chi connectivity index (χ3n) is 1.96. The fourth-order valence-corrected chi connectivity index (χ4v) is 0.966. The van der Waals surface area contributed by atoms with Crippen LogP contribution in [0.15, 0.2) is 30.3 Å². The summed E-state index contributed by atoms with van der Waals surface area (Å²) in [5.41, 5.74) is 0. The smallest absolute Gasteiger partial charge is 0.422 e. The number of halogens is 7. The molecule has 1 rings (SSSR count). The van der Waals surface area contributed by atoms with Crippen molar-refractivity contribution in [1.82, 2.24) is 0 Å². The van der Waals surface area contributed by atoms with Crippen molar-refractivity contribution in [3.05, 3.63) is 30.3 Å². The molecule has 0 aliphatic rings. The van der Waals surface area contributed by atoms with E-state index >= 15 is 0 Å². The van der Waals surface area contributed by atoms with Crippen molar-refractivity contribution in [1.29, 1.82) is 0 Å². The molecule has 0 aromatic heterocycles. The number of para-hydroxylation sites is 1. The highest BCUT2D eigenvalue weighted by atomic mass is 19.4. The molecule has 0 radical (unpaired) electrons. The van der Waals surface area contributed by atoms with E-state index in [1.165, 1.54) is 18.2 Å². The van der Waals surface area contributed by atoms with Gasteiger partial charge in [-0.25, -0.2) is 4.79 Å². The third-order valence-corrected chi connectivity index (χ3v) is 1.96. The predicted octanol–water partition coefficient (Wildman–Crippen LogP) is 3.42. The Bertz CT molecular complexity index is 453. The first-order valence-electron chi connectivity index (χ1n) is 4.60. The van der Waals surface area contributed by atoms with E-state index in [1.54, 1.807) is 0 Å². The average molecular weight is 290 g/mol. The van der Waals surface area contributed by atoms with Crippen LogP contribution in [0.2, 0.25) is 0 Å². The highest BCUT2D eigenvalue weighted by Gasteiger charge is 2.77. The summed E-state index contributed by atoms with van der Waals surface area (Å²) >= 11 is 0. The van der Waals surface area contributed by atoms with Gasteiger partial charge in [0.25, 0.3) is 0 Å². The first kappa shape index (κ1) is 15.3. The number of carbonyl (C=O) groups excluding carboxylic acids is 1. The summed E-state index contributed by atoms with van der Waals surface area (Å²) in [5.74, 6) is -16.1. The fourth-order valence-electron chi connectivity index (χ4n) is 0.966. The molecule has 0 fully saturated rings. The zero-order valence-electron chi connectivity index (χ0n) is 8.85. The first-order chi connectivity index (χ1) is 8.50. The minimum atomic E-state index is -6.58. The monoisotopic (exact) mass is 290 g/mol. The Hall–Kier alpha value is -1.80. The van der Waals surface area contributed by atoms with Gasteiger partial charge >= 0.3 is 24.0 Å². The Morgan fingerprint density at radius 3 is 1.79 bits per heavy atom. The van der Waals surface area contributed by atoms with Gasteiger partial charge in [-0.2, -0.15) is 30.7 Å². The minimum Gasteiger partial charge on any atom is -0.422 e. The van der Waals surface area contributed by atoms with Crippen LogP contribution < -0.4 is 4.74 Å². The molecule has 9 heteroatoms. The number of rotatable bonds is 3. The van der Waals surface area contributed by atoms with Crippen molar-refractivity contribution in [2.75, 3.05) is 0 Å². The van der Waals surface area contributed by atoms with Crippen LogP contribution in [0.4, 0.5) is 30.7 Å². The summed E-state index contributed by atoms with van der Waals surface area (Å²) in [4.78, 5) is 10.8. The summed E-state index contributed by atoms with van der Waals surface area (Å²) in [6.45, 7) is 0. The molecule has 0 amide bonds. The largest absolute Gasteiger partial charge is 0.460 e. The van der Waals surface area contributed by atoms with E-state index in [2.05, 4.69) is 4.74 Å². The molecule has 0 unspecified atom stereocenters. The second kappa shape index (κ2) is 4.71. The van der Waals surface area contributed by atoms with Gasteiger partial charge < -0.3 is 4.74 Å². The highest BCUT2D eigenvalue weighted by Crippen LogP contribution is 2.46. The van der Waals surface area contributed by atoms with Crippen molar-refractivity contribution in [2.24, 2.45) is 0 Å². The Kier molecular flexibility index (Phi) is 3.78. The lowest BCUT2D eigenvalue weighted by Gasteiger charge is -2.26. The van der Waals surface area contributed by atoms with Crippen LogP contribution in [-0.4, -0.2) is 24.0 Å². The third kappa shape index (κ3) is 2.79. The van der Waals surface area contributed by atoms with E-state index in [1.807, 2.05) is 0 Å². The molecule has 0 saturated heterocycles. The number of carbonyl (C=O) groups is 1. The van der Waals surface area contributed by atoms with Gasteiger partial charge in [-0.15, -0.1) is 0 Å². The molecule has 19 heavy (non-hydrogen) atoms. The van der Waals surface area contributed by atoms with E-state index in [0.717, 1.165) is 12.1 Å². The molecule has 2 nitrogen and oxygen atoms in total. The zero-order valence-corrected chi connectivity index (χ0v) is 8.85. The van der Waals surface area contributed by atoms with Gasteiger partial charge in [0.1, 0.15) is 5.75 Å². The molecular formula is C10H5F7O2. The van der Waals surface area contributed by atoms with Crippen LogP contribution >= 0.6 is 0 Å². The quantitative estimate of drug-likeness (QED) is 0.484. The number of alkyl halides is 7. The van der Waals surface area contributed by atoms with Crippen LogP contribution in [0.3, 0.4) is 0 Å². The minimum absolute atomic E-state index is 0.579. The number of hydrogen-bond acceptors (Lipinski definition) is 2. The van der Waals surface area contributed by atoms with Crippen LogP contribution in [0.25, 0.3) is 0 Å². The molecule has 0 N–H and O–H groups in total. The average Bonchev–Trinajstić information content (AvgIpc) is 2.28. The molecule has 0 spiro atoms. The number of esters is 1. The molecule has 1 aromatic carbocycles. The lowest BCUT2D eigenvalue weighted by atomic mass is 10.1.